The van der Waals surface area contributed by atoms with E-state index in [9.17, 15) is 0 Å². The van der Waals surface area contributed by atoms with E-state index in [1.54, 1.807) is 0 Å². The van der Waals surface area contributed by atoms with Crippen molar-refractivity contribution in [1.29, 1.82) is 0 Å². The molecule has 0 atom stereocenters. The van der Waals surface area contributed by atoms with Crippen molar-refractivity contribution in [1.82, 2.24) is 0 Å². The molecule has 0 spiro atoms. The van der Waals surface area contributed by atoms with E-state index in [0.717, 1.165) is 0 Å². The van der Waals surface area contributed by atoms with Gasteiger partial charge in [-0.2, -0.15) is 0 Å². The molecule has 0 aliphatic heterocycles. The third-order valence-electron chi connectivity index (χ3n) is 4.30. The summed E-state index contributed by atoms with van der Waals surface area (Å²) in [4.78, 5) is 0. The van der Waals surface area contributed by atoms with Crippen LogP contribution in [0.15, 0.2) is 72.8 Å². The van der Waals surface area contributed by atoms with Gasteiger partial charge in [-0.25, -0.2) is 0 Å². The first kappa shape index (κ1) is 15.3. The molecule has 23 heavy (non-hydrogen) atoms. The fraction of sp³-hybridized carbons (Fsp3) is 0.130. The lowest BCUT2D eigenvalue weighted by molar-refractivity contribution is 1.43. The van der Waals surface area contributed by atoms with Gasteiger partial charge >= 0.3 is 0 Å². The Balaban J connectivity index is 1.97. The van der Waals surface area contributed by atoms with Crippen LogP contribution < -0.4 is 0 Å². The van der Waals surface area contributed by atoms with E-state index in [0.29, 0.717) is 0 Å². The number of rotatable bonds is 3. The molecular weight excluding hydrogens is 276 g/mol. The van der Waals surface area contributed by atoms with Gasteiger partial charge in [-0.3, -0.25) is 0 Å². The van der Waals surface area contributed by atoms with E-state index in [2.05, 4.69) is 99.7 Å². The van der Waals surface area contributed by atoms with E-state index < -0.39 is 0 Å². The fourth-order valence-electron chi connectivity index (χ4n) is 2.91. The maximum absolute atomic E-state index is 2.22. The largest absolute Gasteiger partial charge is 0.0871 e. The first-order valence-corrected chi connectivity index (χ1v) is 8.09. The molecule has 0 heterocycles. The summed E-state index contributed by atoms with van der Waals surface area (Å²) in [6.45, 7) is 6.37. The Morgan fingerprint density at radius 1 is 0.652 bits per heavy atom. The molecule has 0 aliphatic carbocycles. The van der Waals surface area contributed by atoms with Crippen molar-refractivity contribution in [3.8, 4) is 22.3 Å². The number of hydrogen-bond donors (Lipinski definition) is 0. The molecule has 114 valence electrons. The van der Waals surface area contributed by atoms with Gasteiger partial charge in [0.25, 0.3) is 0 Å². The van der Waals surface area contributed by atoms with Crippen LogP contribution in [0.4, 0.5) is 0 Å². The molecule has 0 radical (unpaired) electrons. The summed E-state index contributed by atoms with van der Waals surface area (Å²) in [5, 5.41) is 0. The summed E-state index contributed by atoms with van der Waals surface area (Å²) in [6.07, 6.45) is 4.26. The Bertz CT molecular complexity index is 819. The van der Waals surface area contributed by atoms with Gasteiger partial charge in [-0.1, -0.05) is 84.4 Å². The SMILES string of the molecule is C/C=C\c1cccc(-c2ccc(-c3ccc(C)cc3)cc2)c1C. The van der Waals surface area contributed by atoms with Crippen LogP contribution in [0.1, 0.15) is 23.6 Å². The van der Waals surface area contributed by atoms with Crippen molar-refractivity contribution in [3.63, 3.8) is 0 Å². The van der Waals surface area contributed by atoms with Gasteiger partial charge in [0.2, 0.25) is 0 Å². The molecule has 3 aromatic rings. The molecule has 0 amide bonds. The number of hydrogen-bond acceptors (Lipinski definition) is 0. The van der Waals surface area contributed by atoms with Crippen molar-refractivity contribution in [2.75, 3.05) is 0 Å². The molecule has 0 fully saturated rings. The average Bonchev–Trinajstić information content (AvgIpc) is 2.58. The number of aryl methyl sites for hydroxylation is 1. The Labute approximate surface area is 139 Å². The van der Waals surface area contributed by atoms with Crippen LogP contribution in [0, 0.1) is 13.8 Å². The van der Waals surface area contributed by atoms with E-state index in [1.165, 1.54) is 38.9 Å². The minimum atomic E-state index is 1.26. The minimum absolute atomic E-state index is 1.26. The summed E-state index contributed by atoms with van der Waals surface area (Å²) < 4.78 is 0. The average molecular weight is 298 g/mol. The molecule has 3 rings (SSSR count). The van der Waals surface area contributed by atoms with Crippen LogP contribution in [0.2, 0.25) is 0 Å². The standard InChI is InChI=1S/C23H22/c1-4-6-19-7-5-8-23(18(19)3)22-15-13-21(14-16-22)20-11-9-17(2)10-12-20/h4-16H,1-3H3/b6-4-. The predicted octanol–water partition coefficient (Wildman–Crippen LogP) is 6.67. The summed E-state index contributed by atoms with van der Waals surface area (Å²) >= 11 is 0. The molecular formula is C23H22. The van der Waals surface area contributed by atoms with Crippen LogP contribution in [0.5, 0.6) is 0 Å². The summed E-state index contributed by atoms with van der Waals surface area (Å²) in [6, 6.07) is 24.0. The molecule has 0 saturated heterocycles. The normalized spacial score (nSPS) is 11.1. The van der Waals surface area contributed by atoms with Crippen LogP contribution >= 0.6 is 0 Å². The molecule has 0 aromatic heterocycles. The highest BCUT2D eigenvalue weighted by Crippen LogP contribution is 2.29. The molecule has 0 nitrogen and oxygen atoms in total. The van der Waals surface area contributed by atoms with Crippen LogP contribution in [0.3, 0.4) is 0 Å². The Morgan fingerprint density at radius 3 is 1.83 bits per heavy atom. The topological polar surface area (TPSA) is 0 Å². The minimum Gasteiger partial charge on any atom is -0.0871 e. The highest BCUT2D eigenvalue weighted by Gasteiger charge is 2.05. The zero-order valence-corrected chi connectivity index (χ0v) is 14.0. The second-order valence-electron chi connectivity index (χ2n) is 5.96. The van der Waals surface area contributed by atoms with Crippen LogP contribution in [0.25, 0.3) is 28.3 Å². The monoisotopic (exact) mass is 298 g/mol. The van der Waals surface area contributed by atoms with Crippen molar-refractivity contribution in [3.05, 3.63) is 89.5 Å². The zero-order valence-electron chi connectivity index (χ0n) is 14.0. The molecule has 0 unspecified atom stereocenters. The fourth-order valence-corrected chi connectivity index (χ4v) is 2.91. The van der Waals surface area contributed by atoms with Crippen LogP contribution in [-0.4, -0.2) is 0 Å². The third kappa shape index (κ3) is 3.27. The van der Waals surface area contributed by atoms with E-state index >= 15 is 0 Å². The van der Waals surface area contributed by atoms with Gasteiger partial charge in [-0.15, -0.1) is 0 Å². The lowest BCUT2D eigenvalue weighted by atomic mass is 9.94. The van der Waals surface area contributed by atoms with Crippen LogP contribution in [-0.2, 0) is 0 Å². The van der Waals surface area contributed by atoms with Crippen molar-refractivity contribution >= 4 is 6.08 Å². The first-order chi connectivity index (χ1) is 11.2. The Morgan fingerprint density at radius 2 is 1.22 bits per heavy atom. The second-order valence-corrected chi connectivity index (χ2v) is 5.96. The van der Waals surface area contributed by atoms with Gasteiger partial charge in [0.1, 0.15) is 0 Å². The molecule has 0 N–H and O–H groups in total. The van der Waals surface area contributed by atoms with E-state index in [4.69, 9.17) is 0 Å². The zero-order chi connectivity index (χ0) is 16.2. The lowest BCUT2D eigenvalue weighted by Gasteiger charge is -2.10. The quantitative estimate of drug-likeness (QED) is 0.506. The third-order valence-corrected chi connectivity index (χ3v) is 4.30. The Hall–Kier alpha value is -2.60. The number of allylic oxidation sites excluding steroid dienone is 1. The number of benzene rings is 3. The summed E-state index contributed by atoms with van der Waals surface area (Å²) in [7, 11) is 0. The van der Waals surface area contributed by atoms with Crippen molar-refractivity contribution in [2.45, 2.75) is 20.8 Å². The Kier molecular flexibility index (Phi) is 4.43. The molecule has 0 heteroatoms. The molecule has 0 bridgehead atoms. The van der Waals surface area contributed by atoms with Gasteiger partial charge < -0.3 is 0 Å². The molecule has 3 aromatic carbocycles. The van der Waals surface area contributed by atoms with E-state index in [-0.39, 0.29) is 0 Å². The van der Waals surface area contributed by atoms with Gasteiger partial charge in [0, 0.05) is 0 Å². The highest BCUT2D eigenvalue weighted by atomic mass is 14.1. The lowest BCUT2D eigenvalue weighted by Crippen LogP contribution is -1.87. The second kappa shape index (κ2) is 6.66. The highest BCUT2D eigenvalue weighted by molar-refractivity contribution is 5.75. The summed E-state index contributed by atoms with van der Waals surface area (Å²) in [5.41, 5.74) is 9.00. The maximum Gasteiger partial charge on any atom is -0.0149 e. The van der Waals surface area contributed by atoms with Crippen molar-refractivity contribution in [2.24, 2.45) is 0 Å². The first-order valence-electron chi connectivity index (χ1n) is 8.09. The molecule has 0 aliphatic rings. The smallest absolute Gasteiger partial charge is 0.0149 e. The van der Waals surface area contributed by atoms with E-state index in [1.807, 2.05) is 0 Å². The van der Waals surface area contributed by atoms with Gasteiger partial charge in [0.05, 0.1) is 0 Å². The molecule has 0 saturated carbocycles. The van der Waals surface area contributed by atoms with Crippen molar-refractivity contribution < 1.29 is 0 Å². The predicted molar refractivity (Wildman–Crippen MR) is 101 cm³/mol. The maximum atomic E-state index is 2.22. The summed E-state index contributed by atoms with van der Waals surface area (Å²) in [5.74, 6) is 0. The van der Waals surface area contributed by atoms with Gasteiger partial charge in [0.15, 0.2) is 0 Å². The van der Waals surface area contributed by atoms with Gasteiger partial charge in [-0.05, 0) is 54.2 Å².